The fourth-order valence-corrected chi connectivity index (χ4v) is 11.6. The Morgan fingerprint density at radius 3 is 2.78 bits per heavy atom. The Kier molecular flexibility index (Phi) is 12.5. The normalized spacial score (nSPS) is 29.2. The molecule has 2 fully saturated rings. The van der Waals surface area contributed by atoms with Gasteiger partial charge in [0.2, 0.25) is 5.88 Å². The molecule has 13 nitrogen and oxygen atoms in total. The number of allylic oxidation sites excluding steroid dienone is 1. The molecule has 318 valence electrons. The number of nitrogens with zero attached hydrogens (tertiary/aromatic N) is 5. The highest BCUT2D eigenvalue weighted by molar-refractivity contribution is 7.92. The number of benzene rings is 2. The monoisotopic (exact) mass is 828 g/mol. The first-order valence-corrected chi connectivity index (χ1v) is 23.1. The van der Waals surface area contributed by atoms with Crippen molar-refractivity contribution in [2.24, 2.45) is 29.2 Å². The van der Waals surface area contributed by atoms with Gasteiger partial charge in [-0.25, -0.2) is 4.21 Å². The minimum absolute atomic E-state index is 0.0316. The van der Waals surface area contributed by atoms with Gasteiger partial charge < -0.3 is 23.8 Å². The zero-order valence-corrected chi connectivity index (χ0v) is 35.8. The summed E-state index contributed by atoms with van der Waals surface area (Å²) in [7, 11) is -0.532. The van der Waals surface area contributed by atoms with Gasteiger partial charge >= 0.3 is 0 Å². The number of aromatic nitrogens is 2. The number of hydrogen-bond donors (Lipinski definition) is 1. The smallest absolute Gasteiger partial charge is 0.286 e. The Morgan fingerprint density at radius 1 is 1.14 bits per heavy atom. The number of rotatable bonds is 8. The molecule has 1 saturated heterocycles. The van der Waals surface area contributed by atoms with E-state index < -0.39 is 21.7 Å². The van der Waals surface area contributed by atoms with Crippen molar-refractivity contribution in [3.05, 3.63) is 82.6 Å². The predicted molar refractivity (Wildman–Crippen MR) is 228 cm³/mol. The van der Waals surface area contributed by atoms with Crippen LogP contribution in [0.25, 0.3) is 0 Å². The van der Waals surface area contributed by atoms with Crippen molar-refractivity contribution in [2.75, 3.05) is 76.9 Å². The molecule has 1 spiro atoms. The van der Waals surface area contributed by atoms with Gasteiger partial charge in [0.25, 0.3) is 11.8 Å². The van der Waals surface area contributed by atoms with E-state index in [9.17, 15) is 13.8 Å². The molecule has 1 unspecified atom stereocenters. The first-order valence-electron chi connectivity index (χ1n) is 21.4. The highest BCUT2D eigenvalue weighted by Crippen LogP contribution is 2.47. The molecule has 1 N–H and O–H groups in total. The predicted octanol–water partition coefficient (Wildman–Crippen LogP) is 5.89. The van der Waals surface area contributed by atoms with Crippen molar-refractivity contribution in [2.45, 2.75) is 70.3 Å². The fraction of sp³-hybridized carbons (Fsp3) is 0.578. The maximum absolute atomic E-state index is 14.8. The Labute approximate surface area is 349 Å². The van der Waals surface area contributed by atoms with Gasteiger partial charge in [0.15, 0.2) is 0 Å². The second-order valence-corrected chi connectivity index (χ2v) is 19.4. The summed E-state index contributed by atoms with van der Waals surface area (Å²) in [6.45, 7) is 11.3. The largest absolute Gasteiger partial charge is 0.490 e. The molecule has 8 rings (SSSR count). The van der Waals surface area contributed by atoms with Crippen LogP contribution in [-0.4, -0.2) is 109 Å². The SMILES string of the molecule is COc1nn(C)cc1C(=O)NS1(=O)=NC(=O)c2ccc3c(c2)N(C[C@@H]2CC[C@H]2[C@@H](OCCCN2CCOCC2)/C=C/C[C@H](C)C1)C[C@@]1(CCCc2cc(C)ccc21)CO3. The number of amides is 2. The van der Waals surface area contributed by atoms with Crippen molar-refractivity contribution < 1.29 is 32.7 Å². The molecule has 3 aliphatic heterocycles. The zero-order chi connectivity index (χ0) is 41.1. The first-order chi connectivity index (χ1) is 28.5. The van der Waals surface area contributed by atoms with Crippen molar-refractivity contribution in [3.8, 4) is 11.6 Å². The molecule has 1 saturated carbocycles. The van der Waals surface area contributed by atoms with Crippen LogP contribution in [0.1, 0.15) is 82.9 Å². The number of carbonyl (C=O) groups is 2. The van der Waals surface area contributed by atoms with E-state index in [-0.39, 0.29) is 34.6 Å². The van der Waals surface area contributed by atoms with Crippen LogP contribution < -0.4 is 19.1 Å². The van der Waals surface area contributed by atoms with E-state index in [0.29, 0.717) is 37.0 Å². The molecule has 5 aliphatic rings. The van der Waals surface area contributed by atoms with Crippen LogP contribution in [0.15, 0.2) is 59.1 Å². The lowest BCUT2D eigenvalue weighted by molar-refractivity contribution is -0.0203. The summed E-state index contributed by atoms with van der Waals surface area (Å²) >= 11 is 0. The maximum Gasteiger partial charge on any atom is 0.286 e. The van der Waals surface area contributed by atoms with Gasteiger partial charge in [0, 0.05) is 63.6 Å². The maximum atomic E-state index is 14.8. The lowest BCUT2D eigenvalue weighted by Crippen LogP contribution is -2.49. The van der Waals surface area contributed by atoms with Crippen molar-refractivity contribution in [1.29, 1.82) is 0 Å². The average molecular weight is 829 g/mol. The molecule has 2 bridgehead atoms. The molecule has 3 aromatic rings. The summed E-state index contributed by atoms with van der Waals surface area (Å²) in [6.07, 6.45) is 12.6. The Bertz CT molecular complexity index is 2170. The summed E-state index contributed by atoms with van der Waals surface area (Å²) in [5.41, 5.74) is 5.01. The van der Waals surface area contributed by atoms with E-state index in [2.05, 4.69) is 61.3 Å². The van der Waals surface area contributed by atoms with E-state index in [0.717, 1.165) is 95.9 Å². The summed E-state index contributed by atoms with van der Waals surface area (Å²) in [5.74, 6) is -0.0460. The third kappa shape index (κ3) is 9.25. The fourth-order valence-electron chi connectivity index (χ4n) is 9.76. The number of morpholine rings is 1. The van der Waals surface area contributed by atoms with E-state index in [4.69, 9.17) is 18.9 Å². The van der Waals surface area contributed by atoms with Gasteiger partial charge in [-0.15, -0.1) is 9.46 Å². The van der Waals surface area contributed by atoms with Gasteiger partial charge in [0.1, 0.15) is 21.2 Å². The van der Waals surface area contributed by atoms with Gasteiger partial charge in [-0.3, -0.25) is 23.9 Å². The number of nitrogens with one attached hydrogen (secondary N) is 1. The van der Waals surface area contributed by atoms with Crippen LogP contribution in [-0.2, 0) is 38.3 Å². The van der Waals surface area contributed by atoms with Gasteiger partial charge in [-0.05, 0) is 98.9 Å². The molecule has 2 aliphatic carbocycles. The highest BCUT2D eigenvalue weighted by Gasteiger charge is 2.44. The van der Waals surface area contributed by atoms with Crippen LogP contribution in [0, 0.1) is 24.7 Å². The molecule has 1 aromatic heterocycles. The van der Waals surface area contributed by atoms with Gasteiger partial charge in [-0.2, -0.15) is 0 Å². The second kappa shape index (κ2) is 17.8. The van der Waals surface area contributed by atoms with Crippen molar-refractivity contribution in [3.63, 3.8) is 0 Å². The number of fused-ring (bicyclic) bond motifs is 4. The lowest BCUT2D eigenvalue weighted by atomic mass is 9.68. The minimum Gasteiger partial charge on any atom is -0.490 e. The molecule has 2 amide bonds. The Hall–Kier alpha value is -4.24. The highest BCUT2D eigenvalue weighted by atomic mass is 32.2. The van der Waals surface area contributed by atoms with Gasteiger partial charge in [-0.1, -0.05) is 42.8 Å². The van der Waals surface area contributed by atoms with E-state index in [1.807, 2.05) is 19.1 Å². The molecular weight excluding hydrogens is 769 g/mol. The summed E-state index contributed by atoms with van der Waals surface area (Å²) in [5, 5.41) is 4.19. The molecule has 14 heteroatoms. The van der Waals surface area contributed by atoms with Crippen LogP contribution >= 0.6 is 0 Å². The van der Waals surface area contributed by atoms with Gasteiger partial charge in [0.05, 0.1) is 44.5 Å². The quantitative estimate of drug-likeness (QED) is 0.216. The molecule has 2 aromatic carbocycles. The van der Waals surface area contributed by atoms with Crippen molar-refractivity contribution in [1.82, 2.24) is 19.4 Å². The van der Waals surface area contributed by atoms with E-state index in [1.165, 1.54) is 34.7 Å². The topological polar surface area (TPSA) is 137 Å². The minimum atomic E-state index is -3.62. The Balaban J connectivity index is 1.15. The van der Waals surface area contributed by atoms with Crippen LogP contribution in [0.3, 0.4) is 0 Å². The number of aryl methyl sites for hydroxylation is 3. The molecule has 59 heavy (non-hydrogen) atoms. The molecule has 6 atom stereocenters. The first kappa shape index (κ1) is 41.5. The van der Waals surface area contributed by atoms with E-state index >= 15 is 0 Å². The number of methoxy groups -OCH3 is 1. The molecule has 0 radical (unpaired) electrons. The molecular formula is C45H60N6O7S. The number of ether oxygens (including phenoxy) is 4. The molecule has 4 heterocycles. The zero-order valence-electron chi connectivity index (χ0n) is 35.0. The Morgan fingerprint density at radius 2 is 1.98 bits per heavy atom. The van der Waals surface area contributed by atoms with Crippen LogP contribution in [0.2, 0.25) is 0 Å². The second-order valence-electron chi connectivity index (χ2n) is 17.4. The van der Waals surface area contributed by atoms with Crippen molar-refractivity contribution >= 4 is 27.4 Å². The number of hydrogen-bond acceptors (Lipinski definition) is 10. The summed E-state index contributed by atoms with van der Waals surface area (Å²) < 4.78 is 47.7. The summed E-state index contributed by atoms with van der Waals surface area (Å²) in [6, 6.07) is 12.3. The summed E-state index contributed by atoms with van der Waals surface area (Å²) in [4.78, 5) is 32.8. The lowest BCUT2D eigenvalue weighted by Gasteiger charge is -2.46. The van der Waals surface area contributed by atoms with Crippen LogP contribution in [0.4, 0.5) is 5.69 Å². The third-order valence-corrected chi connectivity index (χ3v) is 14.9. The average Bonchev–Trinajstić information content (AvgIpc) is 3.53. The van der Waals surface area contributed by atoms with E-state index in [1.54, 1.807) is 13.1 Å². The standard InChI is InChI=1S/C45H60N6O7S/c1-31-11-15-38-33(24-31)9-6-17-45(38)29-51-26-35-12-14-36(35)40(57-21-7-18-50-19-22-56-23-20-50)10-5-8-32(2)28-59(54,48-43(53)37-27-49(3)46-44(37)55-4)47-42(52)34-13-16-41(58-30-45)39(51)25-34/h5,10-11,13,15-16,24-25,27,32,35-36,40H,6-9,12,14,17-23,26,28-30H2,1-4H3,(H,47,48,52,53,54)/b10-5+/t32-,35-,36+,40-,45-,59?/m0/s1. The number of anilines is 1. The third-order valence-electron chi connectivity index (χ3n) is 13.0. The number of carbonyl (C=O) groups excluding carboxylic acids is 2. The van der Waals surface area contributed by atoms with Crippen LogP contribution in [0.5, 0.6) is 11.6 Å².